The van der Waals surface area contributed by atoms with Crippen LogP contribution >= 0.6 is 0 Å². The normalized spacial score (nSPS) is 58.7. The molecule has 3 saturated carbocycles. The highest BCUT2D eigenvalue weighted by Gasteiger charge is 2.73. The molecule has 1 nitrogen and oxygen atoms in total. The zero-order chi connectivity index (χ0) is 11.8. The van der Waals surface area contributed by atoms with Gasteiger partial charge in [0.25, 0.3) is 0 Å². The lowest BCUT2D eigenvalue weighted by atomic mass is 9.65. The Morgan fingerprint density at radius 1 is 1.00 bits per heavy atom. The maximum Gasteiger partial charge on any atom is 0.0739 e. The minimum atomic E-state index is -0.350. The van der Waals surface area contributed by atoms with E-state index in [0.717, 1.165) is 18.3 Å². The van der Waals surface area contributed by atoms with Crippen molar-refractivity contribution in [2.24, 2.45) is 28.6 Å². The molecule has 0 radical (unpaired) electrons. The fraction of sp³-hybridized carbons (Fsp3) is 1.00. The molecule has 3 rings (SSSR count). The van der Waals surface area contributed by atoms with Gasteiger partial charge in [-0.15, -0.1) is 0 Å². The van der Waals surface area contributed by atoms with Gasteiger partial charge in [0.2, 0.25) is 0 Å². The van der Waals surface area contributed by atoms with Crippen LogP contribution in [0.2, 0.25) is 0 Å². The fourth-order valence-electron chi connectivity index (χ4n) is 6.04. The summed E-state index contributed by atoms with van der Waals surface area (Å²) in [5.74, 6) is 2.01. The molecular weight excluding hydrogens is 196 g/mol. The molecule has 0 aliphatic heterocycles. The van der Waals surface area contributed by atoms with Crippen molar-refractivity contribution >= 4 is 0 Å². The fourth-order valence-corrected chi connectivity index (χ4v) is 6.04. The highest BCUT2D eigenvalue weighted by Crippen LogP contribution is 2.75. The molecule has 3 aliphatic rings. The van der Waals surface area contributed by atoms with E-state index in [0.29, 0.717) is 11.3 Å². The molecule has 5 atom stereocenters. The molecule has 0 heterocycles. The molecule has 16 heavy (non-hydrogen) atoms. The third-order valence-electron chi connectivity index (χ3n) is 6.67. The number of hydrogen-bond acceptors (Lipinski definition) is 1. The third-order valence-corrected chi connectivity index (χ3v) is 6.67. The van der Waals surface area contributed by atoms with E-state index in [1.165, 1.54) is 25.7 Å². The second kappa shape index (κ2) is 2.85. The summed E-state index contributed by atoms with van der Waals surface area (Å²) in [5, 5.41) is 11.3. The van der Waals surface area contributed by atoms with Crippen LogP contribution in [0, 0.1) is 28.6 Å². The Morgan fingerprint density at radius 3 is 2.38 bits per heavy atom. The van der Waals surface area contributed by atoms with Crippen molar-refractivity contribution in [1.82, 2.24) is 0 Å². The van der Waals surface area contributed by atoms with E-state index in [1.807, 2.05) is 0 Å². The first-order valence-corrected chi connectivity index (χ1v) is 7.07. The van der Waals surface area contributed by atoms with E-state index in [1.54, 1.807) is 0 Å². The zero-order valence-corrected chi connectivity index (χ0v) is 11.2. The molecule has 0 unspecified atom stereocenters. The van der Waals surface area contributed by atoms with Crippen molar-refractivity contribution in [1.29, 1.82) is 0 Å². The van der Waals surface area contributed by atoms with E-state index in [9.17, 15) is 5.11 Å². The Labute approximate surface area is 99.6 Å². The second-order valence-corrected chi connectivity index (χ2v) is 7.60. The Bertz CT molecular complexity index is 321. The highest BCUT2D eigenvalue weighted by atomic mass is 16.3. The zero-order valence-electron chi connectivity index (χ0n) is 11.2. The molecule has 3 fully saturated rings. The van der Waals surface area contributed by atoms with Crippen LogP contribution in [0.15, 0.2) is 0 Å². The summed E-state index contributed by atoms with van der Waals surface area (Å²) in [6, 6.07) is 0. The molecule has 0 amide bonds. The lowest BCUT2D eigenvalue weighted by Gasteiger charge is -2.42. The Hall–Kier alpha value is -0.0400. The molecule has 0 aromatic heterocycles. The maximum absolute atomic E-state index is 11.3. The van der Waals surface area contributed by atoms with Crippen LogP contribution in [-0.2, 0) is 0 Å². The summed E-state index contributed by atoms with van der Waals surface area (Å²) >= 11 is 0. The van der Waals surface area contributed by atoms with Crippen molar-refractivity contribution < 1.29 is 5.11 Å². The van der Waals surface area contributed by atoms with Crippen LogP contribution < -0.4 is 0 Å². The summed E-state index contributed by atoms with van der Waals surface area (Å²) < 4.78 is 0. The van der Waals surface area contributed by atoms with Gasteiger partial charge >= 0.3 is 0 Å². The Balaban J connectivity index is 2.14. The van der Waals surface area contributed by atoms with Gasteiger partial charge in [-0.1, -0.05) is 27.7 Å². The van der Waals surface area contributed by atoms with Gasteiger partial charge in [-0.3, -0.25) is 0 Å². The minimum absolute atomic E-state index is 0.274. The Morgan fingerprint density at radius 2 is 1.69 bits per heavy atom. The van der Waals surface area contributed by atoms with E-state index in [-0.39, 0.29) is 11.0 Å². The standard InChI is InChI=1S/C15H26O/c1-10-5-6-12-13(3,4)9-15(16)11(2)7-8-14(10,12)15/h10-12,16H,5-9H2,1-4H3/t10-,11-,12+,14+,15+/m0/s1. The predicted molar refractivity (Wildman–Crippen MR) is 66.1 cm³/mol. The molecule has 3 aliphatic carbocycles. The second-order valence-electron chi connectivity index (χ2n) is 7.60. The molecule has 0 saturated heterocycles. The average molecular weight is 222 g/mol. The van der Waals surface area contributed by atoms with Crippen LogP contribution in [0.4, 0.5) is 0 Å². The highest BCUT2D eigenvalue weighted by molar-refractivity contribution is 5.22. The van der Waals surface area contributed by atoms with Crippen LogP contribution in [0.5, 0.6) is 0 Å². The van der Waals surface area contributed by atoms with Crippen molar-refractivity contribution in [2.45, 2.75) is 65.4 Å². The minimum Gasteiger partial charge on any atom is -0.389 e. The van der Waals surface area contributed by atoms with E-state index >= 15 is 0 Å². The summed E-state index contributed by atoms with van der Waals surface area (Å²) in [4.78, 5) is 0. The third kappa shape index (κ3) is 0.939. The molecule has 0 bridgehead atoms. The SMILES string of the molecule is C[C@H]1CC[C@@H]2C(C)(C)C[C@@]3(O)[C@@H](C)CC[C@]213. The summed E-state index contributed by atoms with van der Waals surface area (Å²) in [5.41, 5.74) is 0.279. The molecular formula is C15H26O. The van der Waals surface area contributed by atoms with Crippen molar-refractivity contribution in [2.75, 3.05) is 0 Å². The quantitative estimate of drug-likeness (QED) is 0.664. The monoisotopic (exact) mass is 222 g/mol. The van der Waals surface area contributed by atoms with Crippen molar-refractivity contribution in [3.63, 3.8) is 0 Å². The summed E-state index contributed by atoms with van der Waals surface area (Å²) in [7, 11) is 0. The molecule has 0 aromatic rings. The van der Waals surface area contributed by atoms with Gasteiger partial charge in [-0.2, -0.15) is 0 Å². The summed E-state index contributed by atoms with van der Waals surface area (Å²) in [6.45, 7) is 9.45. The van der Waals surface area contributed by atoms with Crippen molar-refractivity contribution in [3.05, 3.63) is 0 Å². The molecule has 1 heteroatoms. The largest absolute Gasteiger partial charge is 0.389 e. The number of rotatable bonds is 0. The van der Waals surface area contributed by atoms with Gasteiger partial charge in [0.1, 0.15) is 0 Å². The lowest BCUT2D eigenvalue weighted by Crippen LogP contribution is -2.47. The first kappa shape index (κ1) is 11.1. The maximum atomic E-state index is 11.3. The van der Waals surface area contributed by atoms with E-state index in [2.05, 4.69) is 27.7 Å². The van der Waals surface area contributed by atoms with Gasteiger partial charge in [0, 0.05) is 5.41 Å². The molecule has 92 valence electrons. The molecule has 1 N–H and O–H groups in total. The van der Waals surface area contributed by atoms with Gasteiger partial charge in [-0.25, -0.2) is 0 Å². The van der Waals surface area contributed by atoms with E-state index < -0.39 is 0 Å². The smallest absolute Gasteiger partial charge is 0.0739 e. The van der Waals surface area contributed by atoms with Gasteiger partial charge in [0.15, 0.2) is 0 Å². The number of hydrogen-bond donors (Lipinski definition) is 1. The predicted octanol–water partition coefficient (Wildman–Crippen LogP) is 3.61. The first-order valence-electron chi connectivity index (χ1n) is 7.07. The van der Waals surface area contributed by atoms with Crippen LogP contribution in [-0.4, -0.2) is 10.7 Å². The van der Waals surface area contributed by atoms with Gasteiger partial charge in [-0.05, 0) is 55.3 Å². The van der Waals surface area contributed by atoms with Gasteiger partial charge in [0.05, 0.1) is 5.60 Å². The molecule has 0 aromatic carbocycles. The van der Waals surface area contributed by atoms with Crippen LogP contribution in [0.25, 0.3) is 0 Å². The van der Waals surface area contributed by atoms with Crippen molar-refractivity contribution in [3.8, 4) is 0 Å². The van der Waals surface area contributed by atoms with Crippen LogP contribution in [0.1, 0.15) is 59.8 Å². The van der Waals surface area contributed by atoms with E-state index in [4.69, 9.17) is 0 Å². The van der Waals surface area contributed by atoms with Crippen LogP contribution in [0.3, 0.4) is 0 Å². The molecule has 1 spiro atoms. The average Bonchev–Trinajstić information content (AvgIpc) is 2.68. The summed E-state index contributed by atoms with van der Waals surface area (Å²) in [6.07, 6.45) is 6.25. The topological polar surface area (TPSA) is 20.2 Å². The number of aliphatic hydroxyl groups is 1. The first-order chi connectivity index (χ1) is 7.34. The van der Waals surface area contributed by atoms with Gasteiger partial charge < -0.3 is 5.11 Å². The Kier molecular flexibility index (Phi) is 1.98. The lowest BCUT2D eigenvalue weighted by molar-refractivity contribution is -0.0904.